The number of nitrogens with zero attached hydrogens (tertiary/aromatic N) is 1. The molecule has 1 aromatic heterocycles. The van der Waals surface area contributed by atoms with E-state index in [9.17, 15) is 4.79 Å². The molecule has 0 aliphatic rings. The summed E-state index contributed by atoms with van der Waals surface area (Å²) in [5.41, 5.74) is 5.95. The van der Waals surface area contributed by atoms with Crippen LogP contribution in [0.2, 0.25) is 0 Å². The first-order valence-corrected chi connectivity index (χ1v) is 6.20. The average molecular weight is 271 g/mol. The Balaban J connectivity index is 2.49. The van der Waals surface area contributed by atoms with Gasteiger partial charge in [-0.2, -0.15) is 0 Å². The molecule has 104 valence electrons. The standard InChI is InChI=1S/C15H17N3O2/c1-9-4-5-12(14(8-9)20-3)13-7-6-11(10(2)17-13)15(19)18-16/h4-8H,16H2,1-3H3,(H,18,19). The maximum Gasteiger partial charge on any atom is 0.267 e. The Morgan fingerprint density at radius 3 is 2.60 bits per heavy atom. The van der Waals surface area contributed by atoms with Crippen molar-refractivity contribution in [2.75, 3.05) is 7.11 Å². The van der Waals surface area contributed by atoms with Crippen LogP contribution in [0.25, 0.3) is 11.3 Å². The number of ether oxygens (including phenoxy) is 1. The van der Waals surface area contributed by atoms with Crippen molar-refractivity contribution >= 4 is 5.91 Å². The smallest absolute Gasteiger partial charge is 0.267 e. The number of hydrazine groups is 1. The normalized spacial score (nSPS) is 10.2. The van der Waals surface area contributed by atoms with Gasteiger partial charge in [-0.15, -0.1) is 0 Å². The largest absolute Gasteiger partial charge is 0.496 e. The third-order valence-corrected chi connectivity index (χ3v) is 3.09. The second-order valence-electron chi connectivity index (χ2n) is 4.51. The first-order valence-electron chi connectivity index (χ1n) is 6.20. The monoisotopic (exact) mass is 271 g/mol. The van der Waals surface area contributed by atoms with Gasteiger partial charge in [0.2, 0.25) is 0 Å². The lowest BCUT2D eigenvalue weighted by Gasteiger charge is -2.11. The van der Waals surface area contributed by atoms with Gasteiger partial charge in [-0.05, 0) is 43.7 Å². The number of pyridine rings is 1. The van der Waals surface area contributed by atoms with Crippen LogP contribution < -0.4 is 16.0 Å². The number of aryl methyl sites for hydroxylation is 2. The fourth-order valence-electron chi connectivity index (χ4n) is 2.04. The van der Waals surface area contributed by atoms with Crippen LogP contribution in [0.4, 0.5) is 0 Å². The summed E-state index contributed by atoms with van der Waals surface area (Å²) in [5, 5.41) is 0. The molecule has 0 aliphatic carbocycles. The molecule has 0 saturated carbocycles. The molecule has 0 bridgehead atoms. The summed E-state index contributed by atoms with van der Waals surface area (Å²) in [7, 11) is 1.63. The van der Waals surface area contributed by atoms with E-state index in [-0.39, 0.29) is 5.91 Å². The molecule has 0 saturated heterocycles. The van der Waals surface area contributed by atoms with Crippen molar-refractivity contribution in [3.05, 3.63) is 47.2 Å². The van der Waals surface area contributed by atoms with Crippen LogP contribution in [-0.4, -0.2) is 18.0 Å². The number of nitrogens with two attached hydrogens (primary N) is 1. The minimum absolute atomic E-state index is 0.350. The second kappa shape index (κ2) is 5.71. The third kappa shape index (κ3) is 2.62. The zero-order valence-corrected chi connectivity index (χ0v) is 11.7. The number of methoxy groups -OCH3 is 1. The van der Waals surface area contributed by atoms with Gasteiger partial charge in [0.25, 0.3) is 5.91 Å². The number of amides is 1. The van der Waals surface area contributed by atoms with Gasteiger partial charge >= 0.3 is 0 Å². The van der Waals surface area contributed by atoms with Crippen molar-refractivity contribution < 1.29 is 9.53 Å². The molecule has 1 heterocycles. The number of carbonyl (C=O) groups is 1. The summed E-state index contributed by atoms with van der Waals surface area (Å²) in [5.74, 6) is 5.54. The van der Waals surface area contributed by atoms with Crippen molar-refractivity contribution in [3.8, 4) is 17.0 Å². The molecule has 5 heteroatoms. The number of carbonyl (C=O) groups excluding carboxylic acids is 1. The van der Waals surface area contributed by atoms with Crippen molar-refractivity contribution in [2.45, 2.75) is 13.8 Å². The Bertz CT molecular complexity index is 654. The van der Waals surface area contributed by atoms with Gasteiger partial charge in [0, 0.05) is 5.56 Å². The summed E-state index contributed by atoms with van der Waals surface area (Å²) < 4.78 is 5.38. The van der Waals surface area contributed by atoms with Crippen LogP contribution in [0.1, 0.15) is 21.6 Å². The van der Waals surface area contributed by atoms with E-state index >= 15 is 0 Å². The summed E-state index contributed by atoms with van der Waals surface area (Å²) in [4.78, 5) is 16.0. The lowest BCUT2D eigenvalue weighted by molar-refractivity contribution is 0.0952. The Morgan fingerprint density at radius 2 is 2.00 bits per heavy atom. The fraction of sp³-hybridized carbons (Fsp3) is 0.200. The maximum atomic E-state index is 11.5. The molecule has 20 heavy (non-hydrogen) atoms. The quantitative estimate of drug-likeness (QED) is 0.508. The van der Waals surface area contributed by atoms with Crippen LogP contribution in [0.3, 0.4) is 0 Å². The topological polar surface area (TPSA) is 77.2 Å². The van der Waals surface area contributed by atoms with Gasteiger partial charge in [0.05, 0.1) is 24.1 Å². The highest BCUT2D eigenvalue weighted by Crippen LogP contribution is 2.30. The molecule has 5 nitrogen and oxygen atoms in total. The van der Waals surface area contributed by atoms with Gasteiger partial charge in [0.15, 0.2) is 0 Å². The van der Waals surface area contributed by atoms with Crippen LogP contribution >= 0.6 is 0 Å². The van der Waals surface area contributed by atoms with E-state index in [1.807, 2.05) is 25.1 Å². The number of hydrogen-bond donors (Lipinski definition) is 2. The fourth-order valence-corrected chi connectivity index (χ4v) is 2.04. The Labute approximate surface area is 117 Å². The summed E-state index contributed by atoms with van der Waals surface area (Å²) in [6, 6.07) is 9.39. The van der Waals surface area contributed by atoms with E-state index in [0.29, 0.717) is 11.3 Å². The number of aromatic nitrogens is 1. The van der Waals surface area contributed by atoms with Gasteiger partial charge in [-0.1, -0.05) is 6.07 Å². The molecule has 1 amide bonds. The predicted octanol–water partition coefficient (Wildman–Crippen LogP) is 1.98. The van der Waals surface area contributed by atoms with Crippen molar-refractivity contribution in [2.24, 2.45) is 5.84 Å². The van der Waals surface area contributed by atoms with E-state index in [2.05, 4.69) is 10.4 Å². The molecular formula is C15H17N3O2. The van der Waals surface area contributed by atoms with Gasteiger partial charge < -0.3 is 4.74 Å². The van der Waals surface area contributed by atoms with Crippen molar-refractivity contribution in [3.63, 3.8) is 0 Å². The predicted molar refractivity (Wildman–Crippen MR) is 77.4 cm³/mol. The van der Waals surface area contributed by atoms with Gasteiger partial charge in [-0.3, -0.25) is 15.2 Å². The van der Waals surface area contributed by atoms with Crippen molar-refractivity contribution in [1.29, 1.82) is 0 Å². The van der Waals surface area contributed by atoms with Crippen LogP contribution in [-0.2, 0) is 0 Å². The molecule has 0 aliphatic heterocycles. The lowest BCUT2D eigenvalue weighted by Crippen LogP contribution is -2.30. The van der Waals surface area contributed by atoms with Gasteiger partial charge in [-0.25, -0.2) is 5.84 Å². The Kier molecular flexibility index (Phi) is 4.00. The highest BCUT2D eigenvalue weighted by atomic mass is 16.5. The molecule has 0 spiro atoms. The molecule has 1 aromatic carbocycles. The molecule has 0 fully saturated rings. The molecule has 3 N–H and O–H groups in total. The molecule has 0 unspecified atom stereocenters. The van der Waals surface area contributed by atoms with Crippen LogP contribution in [0, 0.1) is 13.8 Å². The maximum absolute atomic E-state index is 11.5. The van der Waals surface area contributed by atoms with E-state index < -0.39 is 0 Å². The summed E-state index contributed by atoms with van der Waals surface area (Å²) >= 11 is 0. The summed E-state index contributed by atoms with van der Waals surface area (Å²) in [6.45, 7) is 3.77. The molecular weight excluding hydrogens is 254 g/mol. The number of rotatable bonds is 3. The SMILES string of the molecule is COc1cc(C)ccc1-c1ccc(C(=O)NN)c(C)n1. The highest BCUT2D eigenvalue weighted by Gasteiger charge is 2.12. The Hall–Kier alpha value is -2.40. The number of hydrogen-bond acceptors (Lipinski definition) is 4. The minimum atomic E-state index is -0.350. The highest BCUT2D eigenvalue weighted by molar-refractivity contribution is 5.95. The lowest BCUT2D eigenvalue weighted by atomic mass is 10.1. The van der Waals surface area contributed by atoms with E-state index in [4.69, 9.17) is 10.6 Å². The molecule has 0 radical (unpaired) electrons. The minimum Gasteiger partial charge on any atom is -0.496 e. The second-order valence-corrected chi connectivity index (χ2v) is 4.51. The first kappa shape index (κ1) is 14.0. The van der Waals surface area contributed by atoms with E-state index in [1.165, 1.54) is 0 Å². The number of nitrogen functional groups attached to an aromatic ring is 1. The van der Waals surface area contributed by atoms with Gasteiger partial charge in [0.1, 0.15) is 5.75 Å². The van der Waals surface area contributed by atoms with Crippen LogP contribution in [0.5, 0.6) is 5.75 Å². The summed E-state index contributed by atoms with van der Waals surface area (Å²) in [6.07, 6.45) is 0. The molecule has 2 rings (SSSR count). The zero-order chi connectivity index (χ0) is 14.7. The third-order valence-electron chi connectivity index (χ3n) is 3.09. The van der Waals surface area contributed by atoms with Crippen molar-refractivity contribution in [1.82, 2.24) is 10.4 Å². The Morgan fingerprint density at radius 1 is 1.25 bits per heavy atom. The molecule has 0 atom stereocenters. The zero-order valence-electron chi connectivity index (χ0n) is 11.7. The van der Waals surface area contributed by atoms with E-state index in [1.54, 1.807) is 26.2 Å². The average Bonchev–Trinajstić information content (AvgIpc) is 2.46. The number of benzene rings is 1. The number of nitrogens with one attached hydrogen (secondary N) is 1. The molecule has 2 aromatic rings. The van der Waals surface area contributed by atoms with E-state index in [0.717, 1.165) is 22.6 Å². The van der Waals surface area contributed by atoms with Crippen LogP contribution in [0.15, 0.2) is 30.3 Å². The first-order chi connectivity index (χ1) is 9.56.